The summed E-state index contributed by atoms with van der Waals surface area (Å²) in [5, 5.41) is 21.7. The highest BCUT2D eigenvalue weighted by Gasteiger charge is 2.36. The Bertz CT molecular complexity index is 904. The molecule has 0 unspecified atom stereocenters. The van der Waals surface area contributed by atoms with Gasteiger partial charge in [0.05, 0.1) is 15.9 Å². The van der Waals surface area contributed by atoms with Gasteiger partial charge in [0.15, 0.2) is 0 Å². The molecule has 1 saturated carbocycles. The number of carbonyl (C=O) groups is 2. The van der Waals surface area contributed by atoms with Crippen LogP contribution < -0.4 is 5.73 Å². The molecule has 30 heavy (non-hydrogen) atoms. The molecule has 0 saturated heterocycles. The molecule has 2 aromatic carbocycles. The van der Waals surface area contributed by atoms with Gasteiger partial charge in [-0.3, -0.25) is 34.7 Å². The van der Waals surface area contributed by atoms with Gasteiger partial charge in [0.25, 0.3) is 23.2 Å². The fourth-order valence-corrected chi connectivity index (χ4v) is 3.58. The van der Waals surface area contributed by atoms with Crippen LogP contribution in [-0.2, 0) is 0 Å². The van der Waals surface area contributed by atoms with Gasteiger partial charge in [-0.25, -0.2) is 0 Å². The quantitative estimate of drug-likeness (QED) is 0.450. The first-order chi connectivity index (χ1) is 14.3. The van der Waals surface area contributed by atoms with Crippen LogP contribution >= 0.6 is 0 Å². The van der Waals surface area contributed by atoms with Crippen molar-refractivity contribution in [2.24, 2.45) is 5.73 Å². The maximum Gasteiger partial charge on any atom is 0.269 e. The second-order valence-corrected chi connectivity index (χ2v) is 7.10. The summed E-state index contributed by atoms with van der Waals surface area (Å²) >= 11 is 0. The Morgan fingerprint density at radius 3 is 1.57 bits per heavy atom. The smallest absolute Gasteiger partial charge is 0.269 e. The van der Waals surface area contributed by atoms with Gasteiger partial charge in [-0.2, -0.15) is 0 Å². The number of nitro groups is 2. The van der Waals surface area contributed by atoms with Crippen LogP contribution in [0.1, 0.15) is 46.4 Å². The Balaban J connectivity index is 1.97. The number of carbonyl (C=O) groups excluding carboxylic acids is 2. The first-order valence-corrected chi connectivity index (χ1v) is 9.42. The number of nitro benzene ring substituents is 2. The number of non-ortho nitro benzene ring substituents is 2. The lowest BCUT2D eigenvalue weighted by molar-refractivity contribution is -0.385. The number of nitrogens with two attached hydrogens (primary N) is 1. The van der Waals surface area contributed by atoms with Crippen molar-refractivity contribution in [1.29, 1.82) is 0 Å². The molecule has 1 aliphatic carbocycles. The lowest BCUT2D eigenvalue weighted by Crippen LogP contribution is -2.54. The molecule has 0 spiro atoms. The number of nitrogens with zero attached hydrogens (tertiary/aromatic N) is 3. The Kier molecular flexibility index (Phi) is 6.17. The number of hydrogen-bond donors (Lipinski definition) is 1. The van der Waals surface area contributed by atoms with Crippen molar-refractivity contribution in [2.75, 3.05) is 0 Å². The summed E-state index contributed by atoms with van der Waals surface area (Å²) in [5.41, 5.74) is 6.11. The van der Waals surface area contributed by atoms with Crippen LogP contribution in [0.2, 0.25) is 0 Å². The minimum atomic E-state index is -0.615. The second-order valence-electron chi connectivity index (χ2n) is 7.10. The van der Waals surface area contributed by atoms with Crippen molar-refractivity contribution < 1.29 is 19.4 Å². The third-order valence-corrected chi connectivity index (χ3v) is 5.20. The van der Waals surface area contributed by atoms with Gasteiger partial charge in [-0.15, -0.1) is 0 Å². The Morgan fingerprint density at radius 2 is 1.20 bits per heavy atom. The molecule has 0 bridgehead atoms. The molecule has 0 radical (unpaired) electrons. The van der Waals surface area contributed by atoms with Crippen LogP contribution in [0.3, 0.4) is 0 Å². The lowest BCUT2D eigenvalue weighted by Gasteiger charge is -2.37. The Labute approximate surface area is 171 Å². The fourth-order valence-electron chi connectivity index (χ4n) is 3.58. The first kappa shape index (κ1) is 21.1. The van der Waals surface area contributed by atoms with Gasteiger partial charge in [0.1, 0.15) is 0 Å². The zero-order valence-electron chi connectivity index (χ0n) is 16.0. The molecule has 3 rings (SSSR count). The number of rotatable bonds is 5. The monoisotopic (exact) mass is 412 g/mol. The average Bonchev–Trinajstić information content (AvgIpc) is 2.75. The van der Waals surface area contributed by atoms with Gasteiger partial charge in [0.2, 0.25) is 0 Å². The summed E-state index contributed by atoms with van der Waals surface area (Å²) in [5.74, 6) is -1.23. The molecule has 0 aromatic heterocycles. The zero-order chi connectivity index (χ0) is 21.8. The second kappa shape index (κ2) is 8.78. The van der Waals surface area contributed by atoms with E-state index >= 15 is 0 Å². The first-order valence-electron chi connectivity index (χ1n) is 9.42. The standard InChI is InChI=1S/C20H20N4O6/c21-17-3-1-2-4-18(17)22(19(25)13-5-9-15(10-6-13)23(27)28)20(26)14-7-11-16(12-8-14)24(29)30/h5-12,17-18H,1-4,21H2/t17-,18-/m1/s1. The highest BCUT2D eigenvalue weighted by Crippen LogP contribution is 2.26. The predicted molar refractivity (Wildman–Crippen MR) is 107 cm³/mol. The number of benzene rings is 2. The molecule has 1 fully saturated rings. The van der Waals surface area contributed by atoms with Gasteiger partial charge in [0, 0.05) is 41.4 Å². The molecule has 10 heteroatoms. The number of amides is 2. The third-order valence-electron chi connectivity index (χ3n) is 5.20. The average molecular weight is 412 g/mol. The molecule has 156 valence electrons. The maximum atomic E-state index is 13.2. The van der Waals surface area contributed by atoms with Crippen molar-refractivity contribution >= 4 is 23.2 Å². The molecular weight excluding hydrogens is 392 g/mol. The van der Waals surface area contributed by atoms with Gasteiger partial charge in [-0.1, -0.05) is 12.8 Å². The van der Waals surface area contributed by atoms with E-state index in [0.717, 1.165) is 17.7 Å². The summed E-state index contributed by atoms with van der Waals surface area (Å²) in [6.07, 6.45) is 2.89. The topological polar surface area (TPSA) is 150 Å². The summed E-state index contributed by atoms with van der Waals surface area (Å²) in [6, 6.07) is 9.04. The van der Waals surface area contributed by atoms with Crippen molar-refractivity contribution in [3.05, 3.63) is 79.9 Å². The van der Waals surface area contributed by atoms with E-state index in [1.165, 1.54) is 48.5 Å². The van der Waals surface area contributed by atoms with Crippen molar-refractivity contribution in [3.63, 3.8) is 0 Å². The summed E-state index contributed by atoms with van der Waals surface area (Å²) < 4.78 is 0. The van der Waals surface area contributed by atoms with E-state index in [4.69, 9.17) is 5.73 Å². The normalized spacial score (nSPS) is 18.4. The molecule has 2 atom stereocenters. The molecule has 0 aliphatic heterocycles. The van der Waals surface area contributed by atoms with Crippen LogP contribution in [0.25, 0.3) is 0 Å². The molecule has 2 aromatic rings. The van der Waals surface area contributed by atoms with E-state index in [1.807, 2.05) is 0 Å². The van der Waals surface area contributed by atoms with Crippen molar-refractivity contribution in [3.8, 4) is 0 Å². The maximum absolute atomic E-state index is 13.2. The van der Waals surface area contributed by atoms with E-state index in [9.17, 15) is 29.8 Å². The molecule has 2 amide bonds. The zero-order valence-corrected chi connectivity index (χ0v) is 16.0. The molecular formula is C20H20N4O6. The van der Waals surface area contributed by atoms with Gasteiger partial charge >= 0.3 is 0 Å². The summed E-state index contributed by atoms with van der Waals surface area (Å²) in [7, 11) is 0. The van der Waals surface area contributed by atoms with Gasteiger partial charge in [-0.05, 0) is 37.1 Å². The Morgan fingerprint density at radius 1 is 0.800 bits per heavy atom. The fraction of sp³-hybridized carbons (Fsp3) is 0.300. The van der Waals surface area contributed by atoms with Crippen molar-refractivity contribution in [1.82, 2.24) is 4.90 Å². The predicted octanol–water partition coefficient (Wildman–Crippen LogP) is 3.06. The van der Waals surface area contributed by atoms with Crippen LogP contribution in [0, 0.1) is 20.2 Å². The van der Waals surface area contributed by atoms with Crippen molar-refractivity contribution in [2.45, 2.75) is 37.8 Å². The van der Waals surface area contributed by atoms with E-state index in [2.05, 4.69) is 0 Å². The summed E-state index contributed by atoms with van der Waals surface area (Å²) in [6.45, 7) is 0. The lowest BCUT2D eigenvalue weighted by atomic mass is 9.89. The number of hydrogen-bond acceptors (Lipinski definition) is 7. The number of imide groups is 1. The van der Waals surface area contributed by atoms with Crippen LogP contribution in [-0.4, -0.2) is 38.6 Å². The van der Waals surface area contributed by atoms with Crippen LogP contribution in [0.15, 0.2) is 48.5 Å². The molecule has 1 aliphatic rings. The minimum Gasteiger partial charge on any atom is -0.326 e. The minimum absolute atomic E-state index is 0.119. The van der Waals surface area contributed by atoms with Crippen LogP contribution in [0.4, 0.5) is 11.4 Å². The highest BCUT2D eigenvalue weighted by molar-refractivity contribution is 6.10. The molecule has 10 nitrogen and oxygen atoms in total. The third kappa shape index (κ3) is 4.33. The molecule has 2 N–H and O–H groups in total. The van der Waals surface area contributed by atoms with E-state index in [-0.39, 0.29) is 22.5 Å². The SMILES string of the molecule is N[C@@H]1CCCC[C@H]1N(C(=O)c1ccc([N+](=O)[O-])cc1)C(=O)c1ccc([N+](=O)[O-])cc1. The largest absolute Gasteiger partial charge is 0.326 e. The summed E-state index contributed by atoms with van der Waals surface area (Å²) in [4.78, 5) is 48.1. The highest BCUT2D eigenvalue weighted by atomic mass is 16.6. The van der Waals surface area contributed by atoms with Gasteiger partial charge < -0.3 is 5.73 Å². The van der Waals surface area contributed by atoms with E-state index in [1.54, 1.807) is 0 Å². The van der Waals surface area contributed by atoms with E-state index in [0.29, 0.717) is 12.8 Å². The molecule has 0 heterocycles. The Hall–Kier alpha value is -3.66. The van der Waals surface area contributed by atoms with Crippen LogP contribution in [0.5, 0.6) is 0 Å². The van der Waals surface area contributed by atoms with E-state index < -0.39 is 33.7 Å².